The Morgan fingerprint density at radius 1 is 1.50 bits per heavy atom. The molecule has 1 atom stereocenters. The van der Waals surface area contributed by atoms with Crippen LogP contribution in [0.1, 0.15) is 23.0 Å². The molecule has 1 aliphatic rings. The van der Waals surface area contributed by atoms with Crippen molar-refractivity contribution in [3.05, 3.63) is 4.88 Å². The maximum Gasteiger partial charge on any atom is 0.350 e. The summed E-state index contributed by atoms with van der Waals surface area (Å²) in [6, 6.07) is 0. The Morgan fingerprint density at radius 3 is 2.85 bits per heavy atom. The van der Waals surface area contributed by atoms with E-state index in [0.717, 1.165) is 30.3 Å². The molecule has 0 bridgehead atoms. The number of nitrogens with two attached hydrogens (primary N) is 1. The molecular weight excluding hydrogens is 296 g/mol. The first-order valence-corrected chi connectivity index (χ1v) is 8.40. The van der Waals surface area contributed by atoms with Gasteiger partial charge in [0.15, 0.2) is 5.75 Å². The van der Waals surface area contributed by atoms with Gasteiger partial charge in [0.25, 0.3) is 0 Å². The molecule has 2 N–H and O–H groups in total. The van der Waals surface area contributed by atoms with Crippen molar-refractivity contribution >= 4 is 39.8 Å². The maximum atomic E-state index is 11.7. The van der Waals surface area contributed by atoms with Gasteiger partial charge in [-0.25, -0.2) is 4.79 Å². The summed E-state index contributed by atoms with van der Waals surface area (Å²) in [4.78, 5) is 14.4. The zero-order chi connectivity index (χ0) is 14.7. The maximum absolute atomic E-state index is 11.7. The van der Waals surface area contributed by atoms with Gasteiger partial charge < -0.3 is 20.1 Å². The lowest BCUT2D eigenvalue weighted by atomic mass is 10.3. The van der Waals surface area contributed by atoms with Crippen LogP contribution in [0.25, 0.3) is 0 Å². The highest BCUT2D eigenvalue weighted by molar-refractivity contribution is 8.00. The third-order valence-electron chi connectivity index (χ3n) is 3.34. The summed E-state index contributed by atoms with van der Waals surface area (Å²) in [6.07, 6.45) is 1.13. The van der Waals surface area contributed by atoms with Crippen LogP contribution in [-0.4, -0.2) is 44.3 Å². The lowest BCUT2D eigenvalue weighted by Gasteiger charge is -2.32. The third-order valence-corrected chi connectivity index (χ3v) is 5.94. The average molecular weight is 316 g/mol. The molecule has 1 aromatic rings. The van der Waals surface area contributed by atoms with Gasteiger partial charge in [-0.1, -0.05) is 6.92 Å². The van der Waals surface area contributed by atoms with Crippen molar-refractivity contribution in [2.75, 3.05) is 43.7 Å². The van der Waals surface area contributed by atoms with Crippen LogP contribution in [0.3, 0.4) is 0 Å². The first-order chi connectivity index (χ1) is 9.62. The largest absolute Gasteiger partial charge is 0.492 e. The van der Waals surface area contributed by atoms with Gasteiger partial charge in [-0.15, -0.1) is 11.3 Å². The SMILES string of the molecule is CCC1CN(c2sc(C(=O)OC)c(N)c2OC)CCS1. The predicted molar refractivity (Wildman–Crippen MR) is 85.4 cm³/mol. The Balaban J connectivity index is 2.33. The number of esters is 1. The molecule has 0 aliphatic carbocycles. The second-order valence-electron chi connectivity index (χ2n) is 4.52. The molecule has 112 valence electrons. The topological polar surface area (TPSA) is 64.8 Å². The van der Waals surface area contributed by atoms with Crippen LogP contribution < -0.4 is 15.4 Å². The van der Waals surface area contributed by atoms with Gasteiger partial charge in [-0.3, -0.25) is 0 Å². The fourth-order valence-electron chi connectivity index (χ4n) is 2.22. The number of nitrogens with zero attached hydrogens (tertiary/aromatic N) is 1. The number of methoxy groups -OCH3 is 2. The van der Waals surface area contributed by atoms with Gasteiger partial charge in [0, 0.05) is 24.1 Å². The molecule has 0 amide bonds. The summed E-state index contributed by atoms with van der Waals surface area (Å²) in [5.74, 6) is 1.26. The number of anilines is 2. The number of thioether (sulfide) groups is 1. The van der Waals surface area contributed by atoms with Crippen LogP contribution in [0.4, 0.5) is 10.7 Å². The number of carbonyl (C=O) groups excluding carboxylic acids is 1. The van der Waals surface area contributed by atoms with Crippen LogP contribution >= 0.6 is 23.1 Å². The second kappa shape index (κ2) is 6.58. The quantitative estimate of drug-likeness (QED) is 0.861. The molecule has 0 radical (unpaired) electrons. The molecule has 1 fully saturated rings. The van der Waals surface area contributed by atoms with E-state index in [1.807, 2.05) is 11.8 Å². The molecular formula is C13H20N2O3S2. The van der Waals surface area contributed by atoms with Crippen LogP contribution in [0.15, 0.2) is 0 Å². The minimum Gasteiger partial charge on any atom is -0.492 e. The highest BCUT2D eigenvalue weighted by Gasteiger charge is 2.28. The monoisotopic (exact) mass is 316 g/mol. The fraction of sp³-hybridized carbons (Fsp3) is 0.615. The van der Waals surface area contributed by atoms with Gasteiger partial charge in [0.05, 0.1) is 14.2 Å². The lowest BCUT2D eigenvalue weighted by Crippen LogP contribution is -2.37. The molecule has 0 saturated carbocycles. The molecule has 2 heterocycles. The van der Waals surface area contributed by atoms with Crippen molar-refractivity contribution in [3.8, 4) is 5.75 Å². The Kier molecular flexibility index (Phi) is 5.04. The van der Waals surface area contributed by atoms with Crippen molar-refractivity contribution < 1.29 is 14.3 Å². The molecule has 2 rings (SSSR count). The van der Waals surface area contributed by atoms with E-state index in [9.17, 15) is 4.79 Å². The predicted octanol–water partition coefficient (Wildman–Crippen LogP) is 2.46. The molecule has 7 heteroatoms. The smallest absolute Gasteiger partial charge is 0.350 e. The summed E-state index contributed by atoms with van der Waals surface area (Å²) in [6.45, 7) is 4.09. The number of thiophene rings is 1. The standard InChI is InChI=1S/C13H20N2O3S2/c1-4-8-7-15(5-6-19-8)12-10(17-2)9(14)11(20-12)13(16)18-3/h8H,4-7,14H2,1-3H3. The van der Waals surface area contributed by atoms with E-state index in [2.05, 4.69) is 11.8 Å². The summed E-state index contributed by atoms with van der Waals surface area (Å²) in [7, 11) is 2.94. The van der Waals surface area contributed by atoms with Crippen molar-refractivity contribution in [2.45, 2.75) is 18.6 Å². The van der Waals surface area contributed by atoms with Crippen molar-refractivity contribution in [3.63, 3.8) is 0 Å². The highest BCUT2D eigenvalue weighted by atomic mass is 32.2. The summed E-state index contributed by atoms with van der Waals surface area (Å²) >= 11 is 3.35. The first kappa shape index (κ1) is 15.3. The number of hydrogen-bond donors (Lipinski definition) is 1. The molecule has 1 aromatic heterocycles. The van der Waals surface area contributed by atoms with E-state index < -0.39 is 5.97 Å². The van der Waals surface area contributed by atoms with E-state index in [4.69, 9.17) is 15.2 Å². The Labute approximate surface area is 127 Å². The summed E-state index contributed by atoms with van der Waals surface area (Å²) in [5, 5.41) is 1.54. The van der Waals surface area contributed by atoms with Gasteiger partial charge >= 0.3 is 5.97 Å². The van der Waals surface area contributed by atoms with Crippen molar-refractivity contribution in [2.24, 2.45) is 0 Å². The Bertz CT molecular complexity index is 490. The van der Waals surface area contributed by atoms with Gasteiger partial charge in [-0.2, -0.15) is 11.8 Å². The van der Waals surface area contributed by atoms with Gasteiger partial charge in [-0.05, 0) is 6.42 Å². The number of ether oxygens (including phenoxy) is 2. The van der Waals surface area contributed by atoms with E-state index in [1.54, 1.807) is 7.11 Å². The van der Waals surface area contributed by atoms with Crippen molar-refractivity contribution in [1.29, 1.82) is 0 Å². The van der Waals surface area contributed by atoms with Crippen LogP contribution in [0, 0.1) is 0 Å². The zero-order valence-electron chi connectivity index (χ0n) is 12.0. The Hall–Kier alpha value is -1.08. The number of nitrogen functional groups attached to an aromatic ring is 1. The number of carbonyl (C=O) groups is 1. The van der Waals surface area contributed by atoms with Crippen LogP contribution in [0.5, 0.6) is 5.75 Å². The van der Waals surface area contributed by atoms with Gasteiger partial charge in [0.2, 0.25) is 0 Å². The zero-order valence-corrected chi connectivity index (χ0v) is 13.6. The average Bonchev–Trinajstić information content (AvgIpc) is 2.83. The molecule has 1 aliphatic heterocycles. The third kappa shape index (κ3) is 2.83. The lowest BCUT2D eigenvalue weighted by molar-refractivity contribution is 0.0607. The minimum atomic E-state index is -0.407. The van der Waals surface area contributed by atoms with Crippen molar-refractivity contribution in [1.82, 2.24) is 0 Å². The molecule has 20 heavy (non-hydrogen) atoms. The number of hydrogen-bond acceptors (Lipinski definition) is 7. The first-order valence-electron chi connectivity index (χ1n) is 6.53. The van der Waals surface area contributed by atoms with Crippen LogP contribution in [-0.2, 0) is 4.74 Å². The number of rotatable bonds is 4. The Morgan fingerprint density at radius 2 is 2.25 bits per heavy atom. The van der Waals surface area contributed by atoms with Crippen LogP contribution in [0.2, 0.25) is 0 Å². The summed E-state index contributed by atoms with van der Waals surface area (Å²) in [5.41, 5.74) is 6.40. The fourth-order valence-corrected chi connectivity index (χ4v) is 4.54. The van der Waals surface area contributed by atoms with Gasteiger partial charge in [0.1, 0.15) is 15.6 Å². The van der Waals surface area contributed by atoms with E-state index in [0.29, 0.717) is 21.6 Å². The molecule has 1 unspecified atom stereocenters. The van der Waals surface area contributed by atoms with E-state index in [1.165, 1.54) is 18.4 Å². The van der Waals surface area contributed by atoms with E-state index >= 15 is 0 Å². The molecule has 0 spiro atoms. The normalized spacial score (nSPS) is 18.9. The highest BCUT2D eigenvalue weighted by Crippen LogP contribution is 2.46. The van der Waals surface area contributed by atoms with E-state index in [-0.39, 0.29) is 0 Å². The minimum absolute atomic E-state index is 0.380. The molecule has 5 nitrogen and oxygen atoms in total. The molecule has 0 aromatic carbocycles. The molecule has 1 saturated heterocycles. The summed E-state index contributed by atoms with van der Waals surface area (Å²) < 4.78 is 10.2. The second-order valence-corrected chi connectivity index (χ2v) is 6.93.